The summed E-state index contributed by atoms with van der Waals surface area (Å²) in [5, 5.41) is 5.62. The Balaban J connectivity index is 1.79. The summed E-state index contributed by atoms with van der Waals surface area (Å²) in [6.07, 6.45) is 2.24. The van der Waals surface area contributed by atoms with Crippen molar-refractivity contribution in [3.8, 4) is 0 Å². The molecule has 0 saturated carbocycles. The zero-order valence-electron chi connectivity index (χ0n) is 14.1. The lowest BCUT2D eigenvalue weighted by Crippen LogP contribution is -2.13. The van der Waals surface area contributed by atoms with Gasteiger partial charge in [0.1, 0.15) is 17.5 Å². The van der Waals surface area contributed by atoms with Crippen LogP contribution in [0, 0.1) is 11.6 Å². The molecule has 0 aliphatic rings. The predicted molar refractivity (Wildman–Crippen MR) is 97.7 cm³/mol. The Morgan fingerprint density at radius 3 is 2.62 bits per heavy atom. The molecule has 3 rings (SSSR count). The Morgan fingerprint density at radius 2 is 1.85 bits per heavy atom. The van der Waals surface area contributed by atoms with E-state index in [0.717, 1.165) is 29.8 Å². The van der Waals surface area contributed by atoms with Crippen LogP contribution in [-0.2, 0) is 6.42 Å². The van der Waals surface area contributed by atoms with Crippen molar-refractivity contribution in [1.29, 1.82) is 0 Å². The van der Waals surface area contributed by atoms with Crippen molar-refractivity contribution in [1.82, 2.24) is 4.98 Å². The first-order valence-corrected chi connectivity index (χ1v) is 8.14. The first-order chi connectivity index (χ1) is 12.6. The molecule has 0 aliphatic carbocycles. The molecule has 0 radical (unpaired) electrons. The van der Waals surface area contributed by atoms with Crippen molar-refractivity contribution in [3.05, 3.63) is 83.6 Å². The summed E-state index contributed by atoms with van der Waals surface area (Å²) in [4.78, 5) is 16.6. The van der Waals surface area contributed by atoms with Gasteiger partial charge in [-0.3, -0.25) is 4.79 Å². The van der Waals surface area contributed by atoms with Crippen LogP contribution < -0.4 is 10.6 Å². The molecule has 0 atom stereocenters. The number of hydrogen-bond acceptors (Lipinski definition) is 3. The minimum atomic E-state index is -0.737. The summed E-state index contributed by atoms with van der Waals surface area (Å²) in [7, 11) is 0. The monoisotopic (exact) mass is 353 g/mol. The normalized spacial score (nSPS) is 10.4. The number of halogens is 2. The highest BCUT2D eigenvalue weighted by atomic mass is 19.1. The summed E-state index contributed by atoms with van der Waals surface area (Å²) < 4.78 is 26.7. The van der Waals surface area contributed by atoms with Gasteiger partial charge in [0.2, 0.25) is 0 Å². The summed E-state index contributed by atoms with van der Waals surface area (Å²) in [6.45, 7) is 2.01. The molecule has 6 heteroatoms. The molecule has 132 valence electrons. The maximum atomic E-state index is 13.8. The Hall–Kier alpha value is -3.28. The summed E-state index contributed by atoms with van der Waals surface area (Å²) >= 11 is 0. The molecule has 0 fully saturated rings. The Labute approximate surface area is 149 Å². The third-order valence-corrected chi connectivity index (χ3v) is 3.86. The number of hydrogen-bond donors (Lipinski definition) is 2. The van der Waals surface area contributed by atoms with E-state index >= 15 is 0 Å². The van der Waals surface area contributed by atoms with E-state index < -0.39 is 11.6 Å². The van der Waals surface area contributed by atoms with Crippen molar-refractivity contribution in [3.63, 3.8) is 0 Å². The average Bonchev–Trinajstić information content (AvgIpc) is 2.65. The fraction of sp³-hybridized carbons (Fsp3) is 0.100. The third-order valence-electron chi connectivity index (χ3n) is 3.86. The predicted octanol–water partition coefficient (Wildman–Crippen LogP) is 4.92. The lowest BCUT2D eigenvalue weighted by atomic mass is 10.1. The smallest absolute Gasteiger partial charge is 0.255 e. The molecule has 0 saturated heterocycles. The van der Waals surface area contributed by atoms with Crippen LogP contribution in [0.4, 0.5) is 26.0 Å². The van der Waals surface area contributed by atoms with Gasteiger partial charge in [-0.15, -0.1) is 0 Å². The first-order valence-electron chi connectivity index (χ1n) is 8.14. The maximum Gasteiger partial charge on any atom is 0.255 e. The molecule has 1 amide bonds. The number of pyridine rings is 1. The van der Waals surface area contributed by atoms with Crippen LogP contribution in [0.25, 0.3) is 0 Å². The highest BCUT2D eigenvalue weighted by molar-refractivity contribution is 6.05. The van der Waals surface area contributed by atoms with Gasteiger partial charge in [0, 0.05) is 23.5 Å². The molecule has 1 heterocycles. The van der Waals surface area contributed by atoms with E-state index in [0.29, 0.717) is 5.56 Å². The van der Waals surface area contributed by atoms with E-state index in [2.05, 4.69) is 15.6 Å². The Bertz CT molecular complexity index is 944. The van der Waals surface area contributed by atoms with Crippen LogP contribution in [0.15, 0.2) is 60.8 Å². The molecule has 2 N–H and O–H groups in total. The maximum absolute atomic E-state index is 13.8. The molecular weight excluding hydrogens is 336 g/mol. The third kappa shape index (κ3) is 4.03. The second-order valence-electron chi connectivity index (χ2n) is 5.64. The number of para-hydroxylation sites is 1. The van der Waals surface area contributed by atoms with Gasteiger partial charge in [-0.05, 0) is 42.3 Å². The van der Waals surface area contributed by atoms with Crippen molar-refractivity contribution in [2.75, 3.05) is 10.6 Å². The first kappa shape index (κ1) is 17.5. The molecule has 3 aromatic rings. The average molecular weight is 353 g/mol. The number of carbonyl (C=O) groups excluding carboxylic acids is 1. The molecule has 4 nitrogen and oxygen atoms in total. The van der Waals surface area contributed by atoms with Crippen molar-refractivity contribution < 1.29 is 13.6 Å². The quantitative estimate of drug-likeness (QED) is 0.685. The standard InChI is InChI=1S/C20H17F2N3O/c1-2-13-5-3-4-6-17(13)25-20(26)14-9-10-23-19(11-14)24-18-8-7-15(21)12-16(18)22/h3-12H,2H2,1H3,(H,23,24)(H,25,26). The number of amides is 1. The van der Waals surface area contributed by atoms with Crippen LogP contribution in [0.2, 0.25) is 0 Å². The van der Waals surface area contributed by atoms with Crippen LogP contribution in [0.5, 0.6) is 0 Å². The number of nitrogens with one attached hydrogen (secondary N) is 2. The Kier molecular flexibility index (Phi) is 5.22. The van der Waals surface area contributed by atoms with Crippen molar-refractivity contribution in [2.24, 2.45) is 0 Å². The molecule has 0 spiro atoms. The Morgan fingerprint density at radius 1 is 1.04 bits per heavy atom. The molecule has 1 aromatic heterocycles. The highest BCUT2D eigenvalue weighted by Crippen LogP contribution is 2.21. The highest BCUT2D eigenvalue weighted by Gasteiger charge is 2.11. The van der Waals surface area contributed by atoms with Gasteiger partial charge in [0.15, 0.2) is 0 Å². The van der Waals surface area contributed by atoms with Gasteiger partial charge in [0.05, 0.1) is 5.69 Å². The zero-order chi connectivity index (χ0) is 18.5. The number of aromatic nitrogens is 1. The summed E-state index contributed by atoms with van der Waals surface area (Å²) in [5.74, 6) is -1.41. The summed E-state index contributed by atoms with van der Waals surface area (Å²) in [5.41, 5.74) is 2.22. The fourth-order valence-electron chi connectivity index (χ4n) is 2.51. The van der Waals surface area contributed by atoms with E-state index in [9.17, 15) is 13.6 Å². The minimum Gasteiger partial charge on any atom is -0.338 e. The van der Waals surface area contributed by atoms with Gasteiger partial charge in [-0.2, -0.15) is 0 Å². The molecule has 0 unspecified atom stereocenters. The van der Waals surface area contributed by atoms with Crippen LogP contribution in [-0.4, -0.2) is 10.9 Å². The fourth-order valence-corrected chi connectivity index (χ4v) is 2.51. The van der Waals surface area contributed by atoms with Crippen molar-refractivity contribution >= 4 is 23.1 Å². The van der Waals surface area contributed by atoms with Crippen LogP contribution >= 0.6 is 0 Å². The van der Waals surface area contributed by atoms with E-state index in [4.69, 9.17) is 0 Å². The largest absolute Gasteiger partial charge is 0.338 e. The van der Waals surface area contributed by atoms with Gasteiger partial charge in [0.25, 0.3) is 5.91 Å². The molecule has 0 bridgehead atoms. The van der Waals surface area contributed by atoms with Gasteiger partial charge in [-0.25, -0.2) is 13.8 Å². The van der Waals surface area contributed by atoms with E-state index in [1.54, 1.807) is 6.07 Å². The number of nitrogens with zero attached hydrogens (tertiary/aromatic N) is 1. The second kappa shape index (κ2) is 7.74. The van der Waals surface area contributed by atoms with E-state index in [1.807, 2.05) is 31.2 Å². The van der Waals surface area contributed by atoms with Crippen LogP contribution in [0.1, 0.15) is 22.8 Å². The van der Waals surface area contributed by atoms with E-state index in [1.165, 1.54) is 18.3 Å². The lowest BCUT2D eigenvalue weighted by Gasteiger charge is -2.11. The number of anilines is 3. The zero-order valence-corrected chi connectivity index (χ0v) is 14.1. The summed E-state index contributed by atoms with van der Waals surface area (Å²) in [6, 6.07) is 13.8. The second-order valence-corrected chi connectivity index (χ2v) is 5.64. The number of benzene rings is 2. The lowest BCUT2D eigenvalue weighted by molar-refractivity contribution is 0.102. The van der Waals surface area contributed by atoms with E-state index in [-0.39, 0.29) is 17.4 Å². The molecule has 0 aliphatic heterocycles. The number of rotatable bonds is 5. The van der Waals surface area contributed by atoms with Crippen LogP contribution in [0.3, 0.4) is 0 Å². The number of carbonyl (C=O) groups is 1. The van der Waals surface area contributed by atoms with Gasteiger partial charge >= 0.3 is 0 Å². The van der Waals surface area contributed by atoms with Gasteiger partial charge in [-0.1, -0.05) is 25.1 Å². The SMILES string of the molecule is CCc1ccccc1NC(=O)c1ccnc(Nc2ccc(F)cc2F)c1. The van der Waals surface area contributed by atoms with Crippen molar-refractivity contribution in [2.45, 2.75) is 13.3 Å². The minimum absolute atomic E-state index is 0.0767. The van der Waals surface area contributed by atoms with Gasteiger partial charge < -0.3 is 10.6 Å². The topological polar surface area (TPSA) is 54.0 Å². The molecular formula is C20H17F2N3O. The molecule has 26 heavy (non-hydrogen) atoms. The molecule has 2 aromatic carbocycles. The number of aryl methyl sites for hydroxylation is 1.